The van der Waals surface area contributed by atoms with Crippen LogP contribution in [0.2, 0.25) is 0 Å². The number of hydrogen-bond donors (Lipinski definition) is 0. The van der Waals surface area contributed by atoms with E-state index in [9.17, 15) is 0 Å². The zero-order valence-electron chi connectivity index (χ0n) is 5.87. The normalized spacial score (nSPS) is 13.4. The molecular formula is C8H6N2O. The number of aromatic nitrogens is 1. The van der Waals surface area contributed by atoms with Crippen LogP contribution < -0.4 is 4.74 Å². The largest absolute Gasteiger partial charge is 0.460 e. The van der Waals surface area contributed by atoms with E-state index in [1.165, 1.54) is 0 Å². The third-order valence-electron chi connectivity index (χ3n) is 1.65. The van der Waals surface area contributed by atoms with Crippen LogP contribution in [0.3, 0.4) is 0 Å². The van der Waals surface area contributed by atoms with Gasteiger partial charge in [0.1, 0.15) is 0 Å². The van der Waals surface area contributed by atoms with Gasteiger partial charge in [0.05, 0.1) is 6.61 Å². The van der Waals surface area contributed by atoms with Gasteiger partial charge in [-0.3, -0.25) is 0 Å². The number of fused-ring (bicyclic) bond motifs is 1. The fraction of sp³-hybridized carbons (Fsp3) is 0.250. The minimum Gasteiger partial charge on any atom is -0.460 e. The molecule has 0 spiro atoms. The molecule has 0 aliphatic carbocycles. The molecule has 0 saturated heterocycles. The van der Waals surface area contributed by atoms with Crippen molar-refractivity contribution >= 4 is 5.82 Å². The van der Waals surface area contributed by atoms with Crippen molar-refractivity contribution in [2.24, 2.45) is 0 Å². The van der Waals surface area contributed by atoms with E-state index in [4.69, 9.17) is 11.3 Å². The third-order valence-corrected chi connectivity index (χ3v) is 1.65. The van der Waals surface area contributed by atoms with E-state index in [-0.39, 0.29) is 0 Å². The maximum Gasteiger partial charge on any atom is 0.312 e. The van der Waals surface area contributed by atoms with Gasteiger partial charge in [-0.25, -0.2) is 0 Å². The lowest BCUT2D eigenvalue weighted by Gasteiger charge is -1.91. The van der Waals surface area contributed by atoms with Crippen LogP contribution >= 0.6 is 0 Å². The average Bonchev–Trinajstić information content (AvgIpc) is 2.50. The molecule has 1 aliphatic rings. The minimum absolute atomic E-state index is 0.408. The van der Waals surface area contributed by atoms with Crippen molar-refractivity contribution in [3.8, 4) is 5.88 Å². The Kier molecular flexibility index (Phi) is 1.26. The molecule has 0 saturated carbocycles. The molecule has 0 unspecified atom stereocenters. The highest BCUT2D eigenvalue weighted by Gasteiger charge is 2.16. The van der Waals surface area contributed by atoms with E-state index < -0.39 is 0 Å². The maximum atomic E-state index is 6.71. The summed E-state index contributed by atoms with van der Waals surface area (Å²) in [7, 11) is 0. The van der Waals surface area contributed by atoms with E-state index in [0.717, 1.165) is 12.0 Å². The molecule has 0 atom stereocenters. The van der Waals surface area contributed by atoms with Crippen LogP contribution in [0, 0.1) is 6.57 Å². The predicted octanol–water partition coefficient (Wildman–Crippen LogP) is 1.57. The van der Waals surface area contributed by atoms with Crippen LogP contribution in [0.5, 0.6) is 5.88 Å². The standard InChI is InChI=1S/C8H6N2O/c1-9-7-3-2-6-4-5-11-8(6)10-7/h2-3H,4-5H2. The highest BCUT2D eigenvalue weighted by atomic mass is 16.5. The molecule has 1 aliphatic heterocycles. The summed E-state index contributed by atoms with van der Waals surface area (Å²) < 4.78 is 5.19. The fourth-order valence-electron chi connectivity index (χ4n) is 1.09. The molecule has 1 aromatic rings. The van der Waals surface area contributed by atoms with E-state index in [0.29, 0.717) is 18.3 Å². The predicted molar refractivity (Wildman–Crippen MR) is 39.7 cm³/mol. The SMILES string of the molecule is [C-]#[N+]c1ccc2c(n1)OCC2. The number of pyridine rings is 1. The molecule has 0 N–H and O–H groups in total. The van der Waals surface area contributed by atoms with Gasteiger partial charge < -0.3 is 9.58 Å². The second-order valence-corrected chi connectivity index (χ2v) is 2.34. The Morgan fingerprint density at radius 3 is 3.27 bits per heavy atom. The van der Waals surface area contributed by atoms with Gasteiger partial charge in [-0.2, -0.15) is 0 Å². The van der Waals surface area contributed by atoms with Gasteiger partial charge in [0.2, 0.25) is 0 Å². The first-order chi connectivity index (χ1) is 5.40. The Morgan fingerprint density at radius 1 is 1.55 bits per heavy atom. The zero-order chi connectivity index (χ0) is 7.68. The monoisotopic (exact) mass is 146 g/mol. The highest BCUT2D eigenvalue weighted by Crippen LogP contribution is 2.24. The molecule has 0 amide bonds. The first kappa shape index (κ1) is 6.17. The van der Waals surface area contributed by atoms with Gasteiger partial charge in [-0.05, 0) is 6.07 Å². The molecule has 0 bridgehead atoms. The van der Waals surface area contributed by atoms with Crippen LogP contribution in [-0.4, -0.2) is 11.6 Å². The van der Waals surface area contributed by atoms with Crippen molar-refractivity contribution in [2.75, 3.05) is 6.61 Å². The maximum absolute atomic E-state index is 6.71. The van der Waals surface area contributed by atoms with Gasteiger partial charge in [0, 0.05) is 12.0 Å². The third kappa shape index (κ3) is 0.926. The number of ether oxygens (including phenoxy) is 1. The molecule has 3 heteroatoms. The highest BCUT2D eigenvalue weighted by molar-refractivity contribution is 5.43. The fourth-order valence-corrected chi connectivity index (χ4v) is 1.09. The Labute approximate surface area is 64.5 Å². The van der Waals surface area contributed by atoms with Crippen LogP contribution in [0.1, 0.15) is 5.56 Å². The summed E-state index contributed by atoms with van der Waals surface area (Å²) in [5.41, 5.74) is 1.11. The second kappa shape index (κ2) is 2.24. The van der Waals surface area contributed by atoms with Crippen LogP contribution in [-0.2, 0) is 6.42 Å². The van der Waals surface area contributed by atoms with Gasteiger partial charge in [-0.15, -0.1) is 0 Å². The Bertz CT molecular complexity index is 327. The van der Waals surface area contributed by atoms with E-state index in [2.05, 4.69) is 9.83 Å². The van der Waals surface area contributed by atoms with Crippen LogP contribution in [0.25, 0.3) is 4.85 Å². The lowest BCUT2D eigenvalue weighted by atomic mass is 10.2. The summed E-state index contributed by atoms with van der Waals surface area (Å²) in [6.45, 7) is 7.41. The minimum atomic E-state index is 0.408. The summed E-state index contributed by atoms with van der Waals surface area (Å²) in [5.74, 6) is 1.05. The molecule has 3 nitrogen and oxygen atoms in total. The summed E-state index contributed by atoms with van der Waals surface area (Å²) in [5, 5.41) is 0. The lowest BCUT2D eigenvalue weighted by Crippen LogP contribution is -1.87. The molecule has 0 aromatic carbocycles. The molecule has 2 heterocycles. The lowest BCUT2D eigenvalue weighted by molar-refractivity contribution is 0.345. The summed E-state index contributed by atoms with van der Waals surface area (Å²) in [6.07, 6.45) is 0.917. The molecule has 11 heavy (non-hydrogen) atoms. The van der Waals surface area contributed by atoms with Crippen molar-refractivity contribution < 1.29 is 4.74 Å². The Morgan fingerprint density at radius 2 is 2.45 bits per heavy atom. The van der Waals surface area contributed by atoms with Gasteiger partial charge in [0.15, 0.2) is 0 Å². The van der Waals surface area contributed by atoms with Crippen LogP contribution in [0.4, 0.5) is 5.82 Å². The molecule has 1 aromatic heterocycles. The second-order valence-electron chi connectivity index (χ2n) is 2.34. The smallest absolute Gasteiger partial charge is 0.312 e. The summed E-state index contributed by atoms with van der Waals surface area (Å²) >= 11 is 0. The number of hydrogen-bond acceptors (Lipinski definition) is 2. The van der Waals surface area contributed by atoms with Crippen molar-refractivity contribution in [1.82, 2.24) is 4.98 Å². The van der Waals surface area contributed by atoms with Gasteiger partial charge in [0.25, 0.3) is 5.82 Å². The van der Waals surface area contributed by atoms with E-state index in [1.807, 2.05) is 6.07 Å². The van der Waals surface area contributed by atoms with Crippen molar-refractivity contribution in [3.05, 3.63) is 29.1 Å². The molecule has 2 rings (SSSR count). The van der Waals surface area contributed by atoms with Gasteiger partial charge in [-0.1, -0.05) is 17.6 Å². The van der Waals surface area contributed by atoms with Crippen molar-refractivity contribution in [2.45, 2.75) is 6.42 Å². The Hall–Kier alpha value is -1.56. The van der Waals surface area contributed by atoms with Crippen LogP contribution in [0.15, 0.2) is 12.1 Å². The molecule has 0 fully saturated rings. The van der Waals surface area contributed by atoms with Gasteiger partial charge >= 0.3 is 5.88 Å². The first-order valence-electron chi connectivity index (χ1n) is 3.40. The van der Waals surface area contributed by atoms with Crippen molar-refractivity contribution in [3.63, 3.8) is 0 Å². The molecular weight excluding hydrogens is 140 g/mol. The summed E-state index contributed by atoms with van der Waals surface area (Å²) in [6, 6.07) is 3.63. The van der Waals surface area contributed by atoms with E-state index in [1.54, 1.807) is 6.07 Å². The average molecular weight is 146 g/mol. The summed E-state index contributed by atoms with van der Waals surface area (Å²) in [4.78, 5) is 7.20. The molecule has 54 valence electrons. The molecule has 0 radical (unpaired) electrons. The van der Waals surface area contributed by atoms with E-state index >= 15 is 0 Å². The zero-order valence-corrected chi connectivity index (χ0v) is 5.87. The topological polar surface area (TPSA) is 26.5 Å². The number of nitrogens with zero attached hydrogens (tertiary/aromatic N) is 2. The first-order valence-corrected chi connectivity index (χ1v) is 3.40. The van der Waals surface area contributed by atoms with Crippen molar-refractivity contribution in [1.29, 1.82) is 0 Å². The number of rotatable bonds is 0. The Balaban J connectivity index is 2.51. The quantitative estimate of drug-likeness (QED) is 0.519.